The quantitative estimate of drug-likeness (QED) is 0.882. The van der Waals surface area contributed by atoms with E-state index in [0.717, 1.165) is 25.7 Å². The molecule has 0 amide bonds. The van der Waals surface area contributed by atoms with Crippen molar-refractivity contribution in [2.75, 3.05) is 13.1 Å². The topological polar surface area (TPSA) is 63.4 Å². The molecule has 1 aliphatic rings. The van der Waals surface area contributed by atoms with Crippen LogP contribution in [0.1, 0.15) is 25.7 Å². The molecule has 2 rings (SSSR count). The van der Waals surface area contributed by atoms with Crippen molar-refractivity contribution < 1.29 is 8.42 Å². The number of hydrogen-bond acceptors (Lipinski definition) is 3. The van der Waals surface area contributed by atoms with Crippen LogP contribution in [-0.2, 0) is 10.0 Å². The van der Waals surface area contributed by atoms with Gasteiger partial charge in [-0.1, -0.05) is 31.0 Å². The van der Waals surface area contributed by atoms with Gasteiger partial charge >= 0.3 is 0 Å². The van der Waals surface area contributed by atoms with Gasteiger partial charge in [-0.2, -0.15) is 4.31 Å². The van der Waals surface area contributed by atoms with Gasteiger partial charge in [-0.15, -0.1) is 0 Å². The Labute approximate surface area is 109 Å². The summed E-state index contributed by atoms with van der Waals surface area (Å²) < 4.78 is 26.8. The van der Waals surface area contributed by atoms with Crippen molar-refractivity contribution in [1.29, 1.82) is 0 Å². The summed E-state index contributed by atoms with van der Waals surface area (Å²) in [6.45, 7) is 0.768. The second-order valence-electron chi connectivity index (χ2n) is 4.66. The number of hydrogen-bond donors (Lipinski definition) is 1. The Bertz CT molecular complexity index is 467. The lowest BCUT2D eigenvalue weighted by molar-refractivity contribution is 0.329. The van der Waals surface area contributed by atoms with Crippen LogP contribution in [0.15, 0.2) is 35.2 Å². The summed E-state index contributed by atoms with van der Waals surface area (Å²) in [5.74, 6) is 0. The highest BCUT2D eigenvalue weighted by Gasteiger charge is 2.32. The molecule has 0 bridgehead atoms. The molecule has 0 atom stereocenters. The standard InChI is InChI=1S/C13H20N2O2S/c14-10-11-15(12-6-4-5-7-12)18(16,17)13-8-2-1-3-9-13/h1-3,8-9,12H,4-7,10-11,14H2. The van der Waals surface area contributed by atoms with E-state index in [2.05, 4.69) is 0 Å². The van der Waals surface area contributed by atoms with Crippen LogP contribution >= 0.6 is 0 Å². The maximum atomic E-state index is 12.6. The minimum Gasteiger partial charge on any atom is -0.329 e. The van der Waals surface area contributed by atoms with Gasteiger partial charge in [0, 0.05) is 19.1 Å². The third kappa shape index (κ3) is 2.74. The monoisotopic (exact) mass is 268 g/mol. The summed E-state index contributed by atoms with van der Waals surface area (Å²) in [7, 11) is -3.39. The van der Waals surface area contributed by atoms with E-state index < -0.39 is 10.0 Å². The van der Waals surface area contributed by atoms with Crippen LogP contribution in [0.3, 0.4) is 0 Å². The lowest BCUT2D eigenvalue weighted by Crippen LogP contribution is -2.41. The number of nitrogens with two attached hydrogens (primary N) is 1. The van der Waals surface area contributed by atoms with Crippen LogP contribution in [0.25, 0.3) is 0 Å². The lowest BCUT2D eigenvalue weighted by Gasteiger charge is -2.27. The van der Waals surface area contributed by atoms with Crippen molar-refractivity contribution in [2.45, 2.75) is 36.6 Å². The first-order chi connectivity index (χ1) is 8.66. The van der Waals surface area contributed by atoms with Gasteiger partial charge in [-0.05, 0) is 25.0 Å². The first kappa shape index (κ1) is 13.5. The van der Waals surface area contributed by atoms with E-state index in [-0.39, 0.29) is 6.04 Å². The molecule has 2 N–H and O–H groups in total. The molecule has 18 heavy (non-hydrogen) atoms. The van der Waals surface area contributed by atoms with Crippen LogP contribution in [0, 0.1) is 0 Å². The highest BCUT2D eigenvalue weighted by Crippen LogP contribution is 2.28. The Morgan fingerprint density at radius 3 is 2.33 bits per heavy atom. The van der Waals surface area contributed by atoms with Crippen molar-refractivity contribution in [3.63, 3.8) is 0 Å². The number of sulfonamides is 1. The molecule has 0 aliphatic heterocycles. The zero-order valence-electron chi connectivity index (χ0n) is 10.5. The normalized spacial score (nSPS) is 17.4. The van der Waals surface area contributed by atoms with Crippen LogP contribution in [0.2, 0.25) is 0 Å². The fourth-order valence-electron chi connectivity index (χ4n) is 2.55. The fraction of sp³-hybridized carbons (Fsp3) is 0.538. The largest absolute Gasteiger partial charge is 0.329 e. The van der Waals surface area contributed by atoms with Gasteiger partial charge in [-0.25, -0.2) is 8.42 Å². The summed E-state index contributed by atoms with van der Waals surface area (Å²) in [5.41, 5.74) is 5.57. The molecular weight excluding hydrogens is 248 g/mol. The molecule has 1 aromatic carbocycles. The molecule has 0 unspecified atom stereocenters. The van der Waals surface area contributed by atoms with Crippen molar-refractivity contribution in [1.82, 2.24) is 4.31 Å². The van der Waals surface area contributed by atoms with E-state index in [1.807, 2.05) is 6.07 Å². The molecule has 1 saturated carbocycles. The van der Waals surface area contributed by atoms with E-state index in [0.29, 0.717) is 18.0 Å². The fourth-order valence-corrected chi connectivity index (χ4v) is 4.27. The summed E-state index contributed by atoms with van der Waals surface area (Å²) in [4.78, 5) is 0.366. The minimum absolute atomic E-state index is 0.124. The molecule has 0 aromatic heterocycles. The molecule has 5 heteroatoms. The second kappa shape index (κ2) is 5.82. The first-order valence-electron chi connectivity index (χ1n) is 6.43. The van der Waals surface area contributed by atoms with Crippen LogP contribution in [-0.4, -0.2) is 31.9 Å². The molecular formula is C13H20N2O2S. The van der Waals surface area contributed by atoms with Crippen LogP contribution < -0.4 is 5.73 Å². The summed E-state index contributed by atoms with van der Waals surface area (Å²) >= 11 is 0. The van der Waals surface area contributed by atoms with E-state index in [9.17, 15) is 8.42 Å². The Kier molecular flexibility index (Phi) is 4.37. The Balaban J connectivity index is 2.29. The number of nitrogens with zero attached hydrogens (tertiary/aromatic N) is 1. The predicted molar refractivity (Wildman–Crippen MR) is 71.6 cm³/mol. The Hall–Kier alpha value is -0.910. The zero-order chi connectivity index (χ0) is 13.0. The summed E-state index contributed by atoms with van der Waals surface area (Å²) in [5, 5.41) is 0. The molecule has 0 spiro atoms. The second-order valence-corrected chi connectivity index (χ2v) is 6.55. The molecule has 0 radical (unpaired) electrons. The highest BCUT2D eigenvalue weighted by molar-refractivity contribution is 7.89. The molecule has 1 aromatic rings. The molecule has 1 aliphatic carbocycles. The van der Waals surface area contributed by atoms with E-state index in [1.165, 1.54) is 0 Å². The molecule has 0 heterocycles. The Morgan fingerprint density at radius 2 is 1.78 bits per heavy atom. The molecule has 1 fully saturated rings. The average molecular weight is 268 g/mol. The maximum absolute atomic E-state index is 12.6. The third-order valence-corrected chi connectivity index (χ3v) is 5.40. The third-order valence-electron chi connectivity index (χ3n) is 3.43. The van der Waals surface area contributed by atoms with Crippen molar-refractivity contribution in [3.8, 4) is 0 Å². The van der Waals surface area contributed by atoms with Crippen molar-refractivity contribution >= 4 is 10.0 Å². The van der Waals surface area contributed by atoms with Gasteiger partial charge < -0.3 is 5.73 Å². The van der Waals surface area contributed by atoms with E-state index in [4.69, 9.17) is 5.73 Å². The van der Waals surface area contributed by atoms with Crippen molar-refractivity contribution in [3.05, 3.63) is 30.3 Å². The summed E-state index contributed by atoms with van der Waals surface area (Å²) in [6.07, 6.45) is 4.12. The molecule has 100 valence electrons. The lowest BCUT2D eigenvalue weighted by atomic mass is 10.2. The zero-order valence-corrected chi connectivity index (χ0v) is 11.3. The SMILES string of the molecule is NCCN(C1CCCC1)S(=O)(=O)c1ccccc1. The van der Waals surface area contributed by atoms with Gasteiger partial charge in [-0.3, -0.25) is 0 Å². The van der Waals surface area contributed by atoms with Gasteiger partial charge in [0.05, 0.1) is 4.90 Å². The van der Waals surface area contributed by atoms with Gasteiger partial charge in [0.25, 0.3) is 0 Å². The molecule has 0 saturated heterocycles. The van der Waals surface area contributed by atoms with Crippen LogP contribution in [0.5, 0.6) is 0 Å². The van der Waals surface area contributed by atoms with Gasteiger partial charge in [0.1, 0.15) is 0 Å². The average Bonchev–Trinajstić information content (AvgIpc) is 2.90. The van der Waals surface area contributed by atoms with Crippen molar-refractivity contribution in [2.24, 2.45) is 5.73 Å². The van der Waals surface area contributed by atoms with E-state index in [1.54, 1.807) is 28.6 Å². The predicted octanol–water partition coefficient (Wildman–Crippen LogP) is 1.58. The maximum Gasteiger partial charge on any atom is 0.243 e. The van der Waals surface area contributed by atoms with E-state index >= 15 is 0 Å². The van der Waals surface area contributed by atoms with Gasteiger partial charge in [0.15, 0.2) is 0 Å². The Morgan fingerprint density at radius 1 is 1.17 bits per heavy atom. The highest BCUT2D eigenvalue weighted by atomic mass is 32.2. The number of rotatable bonds is 5. The number of benzene rings is 1. The molecule has 4 nitrogen and oxygen atoms in total. The van der Waals surface area contributed by atoms with Crippen LogP contribution in [0.4, 0.5) is 0 Å². The first-order valence-corrected chi connectivity index (χ1v) is 7.87. The summed E-state index contributed by atoms with van der Waals surface area (Å²) in [6, 6.07) is 8.74. The minimum atomic E-state index is -3.39. The van der Waals surface area contributed by atoms with Gasteiger partial charge in [0.2, 0.25) is 10.0 Å². The smallest absolute Gasteiger partial charge is 0.243 e.